The van der Waals surface area contributed by atoms with Crippen LogP contribution < -0.4 is 10.6 Å². The third-order valence-electron chi connectivity index (χ3n) is 3.92. The molecule has 0 radical (unpaired) electrons. The number of benzene rings is 1. The Morgan fingerprint density at radius 3 is 2.75 bits per heavy atom. The van der Waals surface area contributed by atoms with Crippen LogP contribution in [0.1, 0.15) is 37.7 Å². The van der Waals surface area contributed by atoms with Gasteiger partial charge in [0.2, 0.25) is 11.8 Å². The third-order valence-corrected chi connectivity index (χ3v) is 4.85. The maximum atomic E-state index is 11.9. The summed E-state index contributed by atoms with van der Waals surface area (Å²) in [5.74, 6) is 0.526. The first-order chi connectivity index (χ1) is 11.6. The highest BCUT2D eigenvalue weighted by Gasteiger charge is 2.07. The molecule has 2 N–H and O–H groups in total. The zero-order chi connectivity index (χ0) is 17.2. The monoisotopic (exact) mass is 346 g/mol. The highest BCUT2D eigenvalue weighted by Crippen LogP contribution is 2.19. The summed E-state index contributed by atoms with van der Waals surface area (Å²) in [7, 11) is 0. The number of allylic oxidation sites excluding steroid dienone is 1. The van der Waals surface area contributed by atoms with E-state index in [4.69, 9.17) is 0 Å². The number of anilines is 1. The topological polar surface area (TPSA) is 58.2 Å². The molecule has 0 aromatic heterocycles. The second-order valence-electron chi connectivity index (χ2n) is 6.12. The summed E-state index contributed by atoms with van der Waals surface area (Å²) in [6.07, 6.45) is 8.16. The van der Waals surface area contributed by atoms with Crippen LogP contribution in [0.25, 0.3) is 0 Å². The molecule has 24 heavy (non-hydrogen) atoms. The van der Waals surface area contributed by atoms with E-state index in [0.29, 0.717) is 12.3 Å². The maximum Gasteiger partial charge on any atom is 0.234 e. The van der Waals surface area contributed by atoms with Crippen molar-refractivity contribution in [3.63, 3.8) is 0 Å². The van der Waals surface area contributed by atoms with E-state index in [1.54, 1.807) is 0 Å². The van der Waals surface area contributed by atoms with Gasteiger partial charge in [0.1, 0.15) is 0 Å². The highest BCUT2D eigenvalue weighted by molar-refractivity contribution is 8.00. The summed E-state index contributed by atoms with van der Waals surface area (Å²) < 4.78 is 0. The first-order valence-corrected chi connectivity index (χ1v) is 9.68. The van der Waals surface area contributed by atoms with Crippen molar-refractivity contribution in [1.82, 2.24) is 5.32 Å². The standard InChI is InChI=1S/C19H26N2O2S/c1-15-6-5-9-17(12-15)21-19(23)14-24-13-18(22)20-11-10-16-7-3-2-4-8-16/h5-7,9,12H,2-4,8,10-11,13-14H2,1H3,(H,20,22)(H,21,23). The van der Waals surface area contributed by atoms with E-state index >= 15 is 0 Å². The number of hydrogen-bond donors (Lipinski definition) is 2. The van der Waals surface area contributed by atoms with Gasteiger partial charge in [-0.1, -0.05) is 23.8 Å². The Morgan fingerprint density at radius 2 is 2.00 bits per heavy atom. The number of thioether (sulfide) groups is 1. The van der Waals surface area contributed by atoms with E-state index in [1.807, 2.05) is 31.2 Å². The van der Waals surface area contributed by atoms with E-state index in [9.17, 15) is 9.59 Å². The molecular formula is C19H26N2O2S. The van der Waals surface area contributed by atoms with E-state index in [-0.39, 0.29) is 17.6 Å². The molecule has 1 aliphatic rings. The van der Waals surface area contributed by atoms with E-state index in [2.05, 4.69) is 16.7 Å². The molecular weight excluding hydrogens is 320 g/mol. The van der Waals surface area contributed by atoms with Gasteiger partial charge >= 0.3 is 0 Å². The van der Waals surface area contributed by atoms with Gasteiger partial charge in [0.25, 0.3) is 0 Å². The van der Waals surface area contributed by atoms with Gasteiger partial charge in [-0.05, 0) is 56.7 Å². The zero-order valence-electron chi connectivity index (χ0n) is 14.3. The van der Waals surface area contributed by atoms with Crippen molar-refractivity contribution in [1.29, 1.82) is 0 Å². The van der Waals surface area contributed by atoms with Crippen LogP contribution in [0, 0.1) is 6.92 Å². The number of carbonyl (C=O) groups is 2. The summed E-state index contributed by atoms with van der Waals surface area (Å²) >= 11 is 1.34. The van der Waals surface area contributed by atoms with Crippen LogP contribution in [-0.4, -0.2) is 29.9 Å². The Balaban J connectivity index is 1.56. The fraction of sp³-hybridized carbons (Fsp3) is 0.474. The van der Waals surface area contributed by atoms with Crippen LogP contribution in [0.3, 0.4) is 0 Å². The molecule has 0 spiro atoms. The molecule has 0 bridgehead atoms. The fourth-order valence-corrected chi connectivity index (χ4v) is 3.35. The van der Waals surface area contributed by atoms with Crippen molar-refractivity contribution in [2.75, 3.05) is 23.4 Å². The summed E-state index contributed by atoms with van der Waals surface area (Å²) in [5.41, 5.74) is 3.37. The van der Waals surface area contributed by atoms with E-state index in [1.165, 1.54) is 43.0 Å². The van der Waals surface area contributed by atoms with Crippen molar-refractivity contribution in [3.05, 3.63) is 41.5 Å². The minimum Gasteiger partial charge on any atom is -0.355 e. The van der Waals surface area contributed by atoms with Crippen LogP contribution in [0.2, 0.25) is 0 Å². The van der Waals surface area contributed by atoms with Crippen LogP contribution in [0.15, 0.2) is 35.9 Å². The summed E-state index contributed by atoms with van der Waals surface area (Å²) in [5, 5.41) is 5.77. The molecule has 4 nitrogen and oxygen atoms in total. The van der Waals surface area contributed by atoms with Gasteiger partial charge in [-0.25, -0.2) is 0 Å². The number of rotatable bonds is 8. The molecule has 0 saturated carbocycles. The predicted molar refractivity (Wildman–Crippen MR) is 101 cm³/mol. The minimum atomic E-state index is -0.0780. The average molecular weight is 346 g/mol. The van der Waals surface area contributed by atoms with Crippen molar-refractivity contribution < 1.29 is 9.59 Å². The molecule has 0 aliphatic heterocycles. The smallest absolute Gasteiger partial charge is 0.234 e. The molecule has 0 atom stereocenters. The van der Waals surface area contributed by atoms with Crippen LogP contribution >= 0.6 is 11.8 Å². The summed E-state index contributed by atoms with van der Waals surface area (Å²) in [6, 6.07) is 7.68. The molecule has 1 aliphatic carbocycles. The Labute approximate surface area is 148 Å². The highest BCUT2D eigenvalue weighted by atomic mass is 32.2. The first kappa shape index (κ1) is 18.6. The molecule has 1 aromatic carbocycles. The second-order valence-corrected chi connectivity index (χ2v) is 7.10. The van der Waals surface area contributed by atoms with Crippen molar-refractivity contribution in [2.24, 2.45) is 0 Å². The molecule has 2 rings (SSSR count). The van der Waals surface area contributed by atoms with Gasteiger partial charge in [-0.2, -0.15) is 0 Å². The lowest BCUT2D eigenvalue weighted by Gasteiger charge is -2.12. The van der Waals surface area contributed by atoms with Crippen LogP contribution in [0.5, 0.6) is 0 Å². The predicted octanol–water partition coefficient (Wildman–Crippen LogP) is 3.67. The van der Waals surface area contributed by atoms with E-state index < -0.39 is 0 Å². The van der Waals surface area contributed by atoms with Crippen LogP contribution in [-0.2, 0) is 9.59 Å². The number of amides is 2. The van der Waals surface area contributed by atoms with Gasteiger partial charge < -0.3 is 10.6 Å². The summed E-state index contributed by atoms with van der Waals surface area (Å²) in [4.78, 5) is 23.6. The second kappa shape index (κ2) is 10.2. The molecule has 2 amide bonds. The number of carbonyl (C=O) groups excluding carboxylic acids is 2. The van der Waals surface area contributed by atoms with Gasteiger partial charge in [0, 0.05) is 12.2 Å². The number of nitrogens with one attached hydrogen (secondary N) is 2. The van der Waals surface area contributed by atoms with Gasteiger partial charge in [0.05, 0.1) is 11.5 Å². The molecule has 0 heterocycles. The lowest BCUT2D eigenvalue weighted by molar-refractivity contribution is -0.118. The largest absolute Gasteiger partial charge is 0.355 e. The maximum absolute atomic E-state index is 11.9. The first-order valence-electron chi connectivity index (χ1n) is 8.52. The molecule has 5 heteroatoms. The fourth-order valence-electron chi connectivity index (χ4n) is 2.70. The van der Waals surface area contributed by atoms with Gasteiger partial charge in [-0.15, -0.1) is 11.8 Å². The Kier molecular flexibility index (Phi) is 7.89. The molecule has 0 fully saturated rings. The SMILES string of the molecule is Cc1cccc(NC(=O)CSCC(=O)NCCC2=CCCCC2)c1. The molecule has 0 saturated heterocycles. The van der Waals surface area contributed by atoms with Gasteiger partial charge in [-0.3, -0.25) is 9.59 Å². The Morgan fingerprint density at radius 1 is 1.17 bits per heavy atom. The lowest BCUT2D eigenvalue weighted by atomic mass is 9.97. The Bertz CT molecular complexity index is 599. The normalized spacial score (nSPS) is 14.0. The molecule has 1 aromatic rings. The third kappa shape index (κ3) is 7.21. The number of hydrogen-bond acceptors (Lipinski definition) is 3. The quantitative estimate of drug-likeness (QED) is 0.706. The molecule has 0 unspecified atom stereocenters. The van der Waals surface area contributed by atoms with E-state index in [0.717, 1.165) is 17.7 Å². The van der Waals surface area contributed by atoms with Crippen molar-refractivity contribution in [3.8, 4) is 0 Å². The average Bonchev–Trinajstić information content (AvgIpc) is 2.56. The lowest BCUT2D eigenvalue weighted by Crippen LogP contribution is -2.27. The van der Waals surface area contributed by atoms with Crippen LogP contribution in [0.4, 0.5) is 5.69 Å². The Hall–Kier alpha value is -1.75. The minimum absolute atomic E-state index is 0.000218. The zero-order valence-corrected chi connectivity index (χ0v) is 15.1. The summed E-state index contributed by atoms with van der Waals surface area (Å²) in [6.45, 7) is 2.68. The van der Waals surface area contributed by atoms with Crippen molar-refractivity contribution >= 4 is 29.3 Å². The molecule has 130 valence electrons. The van der Waals surface area contributed by atoms with Crippen molar-refractivity contribution in [2.45, 2.75) is 39.0 Å². The number of aryl methyl sites for hydroxylation is 1. The van der Waals surface area contributed by atoms with Gasteiger partial charge in [0.15, 0.2) is 0 Å².